The lowest BCUT2D eigenvalue weighted by molar-refractivity contribution is -0.112. The van der Waals surface area contributed by atoms with Gasteiger partial charge >= 0.3 is 0 Å². The van der Waals surface area contributed by atoms with Crippen molar-refractivity contribution >= 4 is 35.2 Å². The van der Waals surface area contributed by atoms with Gasteiger partial charge in [-0.2, -0.15) is 0 Å². The van der Waals surface area contributed by atoms with Crippen molar-refractivity contribution < 1.29 is 18.4 Å². The SMILES string of the molecule is O=C(c1ccc(F)cc1)C1CCN(CCCCN2C(=O)C=NC(c3ccccc3F)c3cc(Cl)ccc32)CC1. The van der Waals surface area contributed by atoms with Gasteiger partial charge in [0.25, 0.3) is 5.91 Å². The molecule has 2 aliphatic rings. The number of hydrogen-bond donors (Lipinski definition) is 0. The normalized spacial score (nSPS) is 18.2. The Morgan fingerprint density at radius 2 is 1.64 bits per heavy atom. The quantitative estimate of drug-likeness (QED) is 0.238. The number of unbranched alkanes of at least 4 members (excludes halogenated alkanes) is 1. The molecule has 202 valence electrons. The molecule has 0 spiro atoms. The predicted molar refractivity (Wildman–Crippen MR) is 150 cm³/mol. The van der Waals surface area contributed by atoms with Gasteiger partial charge in [0.15, 0.2) is 5.78 Å². The molecular formula is C31H30ClF2N3O2. The average Bonchev–Trinajstić information content (AvgIpc) is 3.07. The molecule has 5 nitrogen and oxygen atoms in total. The fourth-order valence-corrected chi connectivity index (χ4v) is 5.63. The van der Waals surface area contributed by atoms with Crippen molar-refractivity contribution in [2.45, 2.75) is 31.7 Å². The van der Waals surface area contributed by atoms with Gasteiger partial charge in [-0.15, -0.1) is 0 Å². The van der Waals surface area contributed by atoms with Gasteiger partial charge in [-0.05, 0) is 93.8 Å². The van der Waals surface area contributed by atoms with E-state index in [1.165, 1.54) is 24.4 Å². The number of carbonyl (C=O) groups is 2. The summed E-state index contributed by atoms with van der Waals surface area (Å²) in [4.78, 5) is 34.3. The van der Waals surface area contributed by atoms with E-state index in [9.17, 15) is 18.4 Å². The summed E-state index contributed by atoms with van der Waals surface area (Å²) in [5, 5.41) is 0.501. The lowest BCUT2D eigenvalue weighted by Crippen LogP contribution is -2.37. The molecule has 0 bridgehead atoms. The van der Waals surface area contributed by atoms with E-state index in [4.69, 9.17) is 11.6 Å². The lowest BCUT2D eigenvalue weighted by Gasteiger charge is -2.31. The van der Waals surface area contributed by atoms with Gasteiger partial charge in [-0.1, -0.05) is 29.8 Å². The van der Waals surface area contributed by atoms with E-state index in [0.717, 1.165) is 45.3 Å². The highest BCUT2D eigenvalue weighted by Gasteiger charge is 2.29. The topological polar surface area (TPSA) is 53.0 Å². The van der Waals surface area contributed by atoms with Gasteiger partial charge in [0.05, 0.1) is 6.21 Å². The van der Waals surface area contributed by atoms with Crippen LogP contribution in [0, 0.1) is 17.6 Å². The summed E-state index contributed by atoms with van der Waals surface area (Å²) in [6.07, 6.45) is 4.51. The average molecular weight is 550 g/mol. The van der Waals surface area contributed by atoms with E-state index < -0.39 is 6.04 Å². The minimum absolute atomic E-state index is 0.0357. The summed E-state index contributed by atoms with van der Waals surface area (Å²) in [5.74, 6) is -0.908. The first-order chi connectivity index (χ1) is 18.9. The van der Waals surface area contributed by atoms with Crippen LogP contribution in [0.25, 0.3) is 0 Å². The number of ketones is 1. The van der Waals surface area contributed by atoms with Gasteiger partial charge in [0.2, 0.25) is 0 Å². The summed E-state index contributed by atoms with van der Waals surface area (Å²) >= 11 is 6.30. The highest BCUT2D eigenvalue weighted by atomic mass is 35.5. The van der Waals surface area contributed by atoms with Crippen LogP contribution in [0.2, 0.25) is 5.02 Å². The van der Waals surface area contributed by atoms with Crippen molar-refractivity contribution in [1.82, 2.24) is 4.90 Å². The molecule has 2 aliphatic heterocycles. The maximum atomic E-state index is 14.6. The van der Waals surface area contributed by atoms with Crippen molar-refractivity contribution in [1.29, 1.82) is 0 Å². The van der Waals surface area contributed by atoms with E-state index in [1.54, 1.807) is 53.4 Å². The maximum Gasteiger partial charge on any atom is 0.269 e. The molecule has 0 saturated carbocycles. The van der Waals surface area contributed by atoms with Crippen molar-refractivity contribution in [3.8, 4) is 0 Å². The van der Waals surface area contributed by atoms with E-state index in [-0.39, 0.29) is 29.2 Å². The molecule has 0 radical (unpaired) electrons. The second-order valence-corrected chi connectivity index (χ2v) is 10.5. The minimum atomic E-state index is -0.659. The van der Waals surface area contributed by atoms with Crippen LogP contribution >= 0.6 is 11.6 Å². The Hall–Kier alpha value is -3.42. The molecule has 8 heteroatoms. The van der Waals surface area contributed by atoms with Crippen LogP contribution in [0.1, 0.15) is 53.2 Å². The van der Waals surface area contributed by atoms with Crippen LogP contribution < -0.4 is 4.90 Å². The number of amides is 1. The first kappa shape index (κ1) is 27.2. The summed E-state index contributed by atoms with van der Waals surface area (Å²) in [5.41, 5.74) is 2.35. The van der Waals surface area contributed by atoms with E-state index in [2.05, 4.69) is 9.89 Å². The number of likely N-dealkylation sites (tertiary alicyclic amines) is 1. The molecule has 39 heavy (non-hydrogen) atoms. The molecule has 1 unspecified atom stereocenters. The molecule has 0 N–H and O–H groups in total. The number of fused-ring (bicyclic) bond motifs is 1. The molecule has 2 heterocycles. The number of benzene rings is 3. The maximum absolute atomic E-state index is 14.6. The molecule has 1 fully saturated rings. The van der Waals surface area contributed by atoms with Crippen LogP contribution in [-0.2, 0) is 4.79 Å². The van der Waals surface area contributed by atoms with Crippen molar-refractivity contribution in [2.24, 2.45) is 10.9 Å². The van der Waals surface area contributed by atoms with Crippen LogP contribution in [0.4, 0.5) is 14.5 Å². The van der Waals surface area contributed by atoms with Crippen molar-refractivity contribution in [3.05, 3.63) is 100 Å². The van der Waals surface area contributed by atoms with Gasteiger partial charge in [-0.3, -0.25) is 14.6 Å². The molecule has 3 aromatic rings. The zero-order chi connectivity index (χ0) is 27.4. The van der Waals surface area contributed by atoms with Crippen LogP contribution in [0.3, 0.4) is 0 Å². The number of halogens is 3. The number of aliphatic imine (C=N–C) groups is 1. The van der Waals surface area contributed by atoms with Crippen LogP contribution in [-0.4, -0.2) is 49.0 Å². The Balaban J connectivity index is 1.17. The number of anilines is 1. The fourth-order valence-electron chi connectivity index (χ4n) is 5.45. The van der Waals surface area contributed by atoms with Crippen LogP contribution in [0.5, 0.6) is 0 Å². The zero-order valence-corrected chi connectivity index (χ0v) is 22.3. The van der Waals surface area contributed by atoms with Gasteiger partial charge in [0.1, 0.15) is 17.7 Å². The number of rotatable bonds is 8. The zero-order valence-electron chi connectivity index (χ0n) is 21.5. The fraction of sp³-hybridized carbons (Fsp3) is 0.323. The second kappa shape index (κ2) is 12.2. The third kappa shape index (κ3) is 6.26. The summed E-state index contributed by atoms with van der Waals surface area (Å²) in [6, 6.07) is 16.9. The smallest absolute Gasteiger partial charge is 0.269 e. The number of nitrogens with zero attached hydrogens (tertiary/aromatic N) is 3. The number of hydrogen-bond acceptors (Lipinski definition) is 4. The van der Waals surface area contributed by atoms with Gasteiger partial charge in [0, 0.05) is 39.9 Å². The van der Waals surface area contributed by atoms with E-state index in [1.807, 2.05) is 0 Å². The third-order valence-electron chi connectivity index (χ3n) is 7.57. The summed E-state index contributed by atoms with van der Waals surface area (Å²) in [6.45, 7) is 3.04. The van der Waals surface area contributed by atoms with Gasteiger partial charge in [-0.25, -0.2) is 8.78 Å². The van der Waals surface area contributed by atoms with E-state index >= 15 is 0 Å². The number of piperidine rings is 1. The highest BCUT2D eigenvalue weighted by Crippen LogP contribution is 2.38. The Labute approximate surface area is 232 Å². The van der Waals surface area contributed by atoms with Crippen molar-refractivity contribution in [3.63, 3.8) is 0 Å². The Morgan fingerprint density at radius 3 is 2.38 bits per heavy atom. The van der Waals surface area contributed by atoms with E-state index in [0.29, 0.717) is 33.9 Å². The third-order valence-corrected chi connectivity index (χ3v) is 7.80. The molecule has 5 rings (SSSR count). The molecule has 1 atom stereocenters. The van der Waals surface area contributed by atoms with Crippen molar-refractivity contribution in [2.75, 3.05) is 31.1 Å². The Bertz CT molecular complexity index is 1370. The summed E-state index contributed by atoms with van der Waals surface area (Å²) in [7, 11) is 0. The largest absolute Gasteiger partial charge is 0.307 e. The predicted octanol–water partition coefficient (Wildman–Crippen LogP) is 6.50. The first-order valence-corrected chi connectivity index (χ1v) is 13.7. The van der Waals surface area contributed by atoms with Gasteiger partial charge < -0.3 is 9.80 Å². The van der Waals surface area contributed by atoms with Crippen LogP contribution in [0.15, 0.2) is 71.7 Å². The Morgan fingerprint density at radius 1 is 0.923 bits per heavy atom. The number of carbonyl (C=O) groups excluding carboxylic acids is 2. The highest BCUT2D eigenvalue weighted by molar-refractivity contribution is 6.34. The molecular weight excluding hydrogens is 520 g/mol. The number of Topliss-reactive ketones (excluding diaryl/α,β-unsaturated/α-hetero) is 1. The monoisotopic (exact) mass is 549 g/mol. The lowest BCUT2D eigenvalue weighted by atomic mass is 9.89. The first-order valence-electron chi connectivity index (χ1n) is 13.3. The molecule has 0 aliphatic carbocycles. The minimum Gasteiger partial charge on any atom is -0.307 e. The molecule has 0 aromatic heterocycles. The molecule has 1 saturated heterocycles. The Kier molecular flexibility index (Phi) is 8.48. The molecule has 1 amide bonds. The molecule has 3 aromatic carbocycles. The summed E-state index contributed by atoms with van der Waals surface area (Å²) < 4.78 is 27.8. The standard InChI is InChI=1S/C31H30ClF2N3O2/c32-23-9-12-28-26(19-23)30(25-5-1-2-6-27(25)34)35-20-29(38)37(28)16-4-3-15-36-17-13-22(14-18-36)31(39)21-7-10-24(33)11-8-21/h1-2,5-12,19-20,22,30H,3-4,13-18H2. The second-order valence-electron chi connectivity index (χ2n) is 10.1.